The Kier molecular flexibility index (Phi) is 11.2. The molecule has 2 amide bonds. The number of hydrogen-bond acceptors (Lipinski definition) is 7. The van der Waals surface area contributed by atoms with Gasteiger partial charge in [-0.05, 0) is 43.9 Å². The molecule has 3 atom stereocenters. The van der Waals surface area contributed by atoms with Crippen LogP contribution in [0, 0.1) is 5.92 Å². The van der Waals surface area contributed by atoms with Gasteiger partial charge in [-0.3, -0.25) is 14.8 Å². The second-order valence-corrected chi connectivity index (χ2v) is 9.90. The van der Waals surface area contributed by atoms with E-state index in [2.05, 4.69) is 10.0 Å². The summed E-state index contributed by atoms with van der Waals surface area (Å²) < 4.78 is 40.2. The van der Waals surface area contributed by atoms with E-state index >= 15 is 0 Å². The SMILES string of the molecule is CCOc1ccc(S(=O)(=O)N[C@@H](Cc2ccccc2)C(=O)N[C@H](C(=O)NO)[C@@H](C)CC)cc1OCC. The summed E-state index contributed by atoms with van der Waals surface area (Å²) in [4.78, 5) is 25.3. The third kappa shape index (κ3) is 7.94. The van der Waals surface area contributed by atoms with E-state index in [1.54, 1.807) is 50.5 Å². The van der Waals surface area contributed by atoms with Crippen LogP contribution in [0.4, 0.5) is 0 Å². The molecule has 0 aliphatic rings. The van der Waals surface area contributed by atoms with E-state index in [4.69, 9.17) is 14.7 Å². The Bertz CT molecular complexity index is 1110. The van der Waals surface area contributed by atoms with Crippen LogP contribution in [0.5, 0.6) is 11.5 Å². The minimum Gasteiger partial charge on any atom is -0.490 e. The van der Waals surface area contributed by atoms with Crippen LogP contribution in [0.3, 0.4) is 0 Å². The van der Waals surface area contributed by atoms with Crippen LogP contribution in [-0.4, -0.2) is 50.7 Å². The van der Waals surface area contributed by atoms with Gasteiger partial charge in [0.2, 0.25) is 15.9 Å². The molecule has 10 nitrogen and oxygen atoms in total. The summed E-state index contributed by atoms with van der Waals surface area (Å²) in [6.45, 7) is 7.83. The molecule has 0 unspecified atom stereocenters. The Morgan fingerprint density at radius 2 is 1.58 bits per heavy atom. The standard InChI is InChI=1S/C25H35N3O7S/c1-5-17(4)23(25(30)27-31)26-24(29)20(15-18-11-9-8-10-12-18)28-36(32,33)19-13-14-21(34-6-2)22(16-19)35-7-3/h8-14,16-17,20,23,28,31H,5-7,15H2,1-4H3,(H,26,29)(H,27,30)/t17-,20-,23-/m0/s1. The van der Waals surface area contributed by atoms with Crippen LogP contribution in [0.15, 0.2) is 53.4 Å². The average Bonchev–Trinajstić information content (AvgIpc) is 2.87. The molecule has 0 radical (unpaired) electrons. The number of sulfonamides is 1. The van der Waals surface area contributed by atoms with Crippen LogP contribution >= 0.6 is 0 Å². The van der Waals surface area contributed by atoms with Crippen LogP contribution in [0.2, 0.25) is 0 Å². The minimum absolute atomic E-state index is 0.0369. The zero-order valence-electron chi connectivity index (χ0n) is 21.0. The van der Waals surface area contributed by atoms with Crippen molar-refractivity contribution in [2.24, 2.45) is 5.92 Å². The molecule has 0 aliphatic carbocycles. The van der Waals surface area contributed by atoms with Gasteiger partial charge in [-0.2, -0.15) is 4.72 Å². The first-order valence-electron chi connectivity index (χ1n) is 11.9. The van der Waals surface area contributed by atoms with E-state index in [1.165, 1.54) is 18.2 Å². The third-order valence-electron chi connectivity index (χ3n) is 5.63. The lowest BCUT2D eigenvalue weighted by Gasteiger charge is -2.25. The maximum Gasteiger partial charge on any atom is 0.266 e. The van der Waals surface area contributed by atoms with Crippen LogP contribution < -0.4 is 25.0 Å². The van der Waals surface area contributed by atoms with Crippen LogP contribution in [-0.2, 0) is 26.0 Å². The highest BCUT2D eigenvalue weighted by atomic mass is 32.2. The number of carbonyl (C=O) groups excluding carboxylic acids is 2. The summed E-state index contributed by atoms with van der Waals surface area (Å²) in [5.41, 5.74) is 2.28. The monoisotopic (exact) mass is 521 g/mol. The Balaban J connectivity index is 2.39. The molecule has 2 aromatic rings. The minimum atomic E-state index is -4.18. The summed E-state index contributed by atoms with van der Waals surface area (Å²) >= 11 is 0. The molecule has 0 saturated carbocycles. The van der Waals surface area contributed by atoms with Gasteiger partial charge in [0, 0.05) is 6.07 Å². The van der Waals surface area contributed by atoms with Gasteiger partial charge in [0.05, 0.1) is 18.1 Å². The largest absolute Gasteiger partial charge is 0.490 e. The molecule has 2 aromatic carbocycles. The Morgan fingerprint density at radius 3 is 2.17 bits per heavy atom. The van der Waals surface area contributed by atoms with Gasteiger partial charge < -0.3 is 14.8 Å². The van der Waals surface area contributed by atoms with Gasteiger partial charge in [0.1, 0.15) is 12.1 Å². The molecule has 36 heavy (non-hydrogen) atoms. The van der Waals surface area contributed by atoms with Crippen molar-refractivity contribution in [1.29, 1.82) is 0 Å². The number of hydrogen-bond donors (Lipinski definition) is 4. The fourth-order valence-corrected chi connectivity index (χ4v) is 4.73. The molecule has 0 fully saturated rings. The first-order chi connectivity index (χ1) is 17.2. The van der Waals surface area contributed by atoms with Crippen molar-refractivity contribution in [3.05, 3.63) is 54.1 Å². The van der Waals surface area contributed by atoms with Crippen molar-refractivity contribution in [2.45, 2.75) is 57.5 Å². The molecule has 0 aliphatic heterocycles. The number of carbonyl (C=O) groups is 2. The molecular formula is C25H35N3O7S. The molecule has 0 aromatic heterocycles. The normalized spacial score (nSPS) is 13.8. The second-order valence-electron chi connectivity index (χ2n) is 8.19. The molecule has 0 spiro atoms. The topological polar surface area (TPSA) is 143 Å². The number of rotatable bonds is 14. The second kappa shape index (κ2) is 13.8. The Hall–Kier alpha value is -3.15. The lowest BCUT2D eigenvalue weighted by Crippen LogP contribution is -2.56. The van der Waals surface area contributed by atoms with Crippen molar-refractivity contribution < 1.29 is 32.7 Å². The smallest absolute Gasteiger partial charge is 0.266 e. The molecular weight excluding hydrogens is 486 g/mol. The Labute approximate surface area is 212 Å². The quantitative estimate of drug-likeness (QED) is 0.221. The van der Waals surface area contributed by atoms with E-state index in [9.17, 15) is 18.0 Å². The molecule has 0 heterocycles. The van der Waals surface area contributed by atoms with E-state index in [-0.39, 0.29) is 23.0 Å². The lowest BCUT2D eigenvalue weighted by molar-refractivity contribution is -0.136. The highest BCUT2D eigenvalue weighted by Gasteiger charge is 2.32. The van der Waals surface area contributed by atoms with E-state index in [0.717, 1.165) is 0 Å². The molecule has 4 N–H and O–H groups in total. The lowest BCUT2D eigenvalue weighted by atomic mass is 9.97. The Morgan fingerprint density at radius 1 is 0.944 bits per heavy atom. The van der Waals surface area contributed by atoms with Gasteiger partial charge in [-0.15, -0.1) is 0 Å². The maximum atomic E-state index is 13.3. The summed E-state index contributed by atoms with van der Waals surface area (Å²) in [6.07, 6.45) is 0.578. The van der Waals surface area contributed by atoms with Crippen molar-refractivity contribution in [2.75, 3.05) is 13.2 Å². The average molecular weight is 522 g/mol. The van der Waals surface area contributed by atoms with E-state index in [0.29, 0.717) is 30.9 Å². The van der Waals surface area contributed by atoms with Gasteiger partial charge in [-0.1, -0.05) is 50.6 Å². The van der Waals surface area contributed by atoms with Gasteiger partial charge >= 0.3 is 0 Å². The molecule has 11 heteroatoms. The fourth-order valence-electron chi connectivity index (χ4n) is 3.52. The first-order valence-corrected chi connectivity index (χ1v) is 13.3. The van der Waals surface area contributed by atoms with Crippen LogP contribution in [0.25, 0.3) is 0 Å². The highest BCUT2D eigenvalue weighted by Crippen LogP contribution is 2.30. The zero-order valence-corrected chi connectivity index (χ0v) is 21.8. The third-order valence-corrected chi connectivity index (χ3v) is 7.09. The van der Waals surface area contributed by atoms with Gasteiger partial charge in [-0.25, -0.2) is 13.9 Å². The fraction of sp³-hybridized carbons (Fsp3) is 0.440. The van der Waals surface area contributed by atoms with Crippen molar-refractivity contribution in [1.82, 2.24) is 15.5 Å². The van der Waals surface area contributed by atoms with Crippen LogP contribution in [0.1, 0.15) is 39.7 Å². The van der Waals surface area contributed by atoms with Crippen molar-refractivity contribution >= 4 is 21.8 Å². The number of ether oxygens (including phenoxy) is 2. The predicted octanol–water partition coefficient (Wildman–Crippen LogP) is 2.41. The molecule has 2 rings (SSSR count). The van der Waals surface area contributed by atoms with Gasteiger partial charge in [0.15, 0.2) is 11.5 Å². The van der Waals surface area contributed by atoms with E-state index < -0.39 is 33.9 Å². The predicted molar refractivity (Wildman–Crippen MR) is 134 cm³/mol. The summed E-state index contributed by atoms with van der Waals surface area (Å²) in [5.74, 6) is -1.12. The molecule has 0 bridgehead atoms. The highest BCUT2D eigenvalue weighted by molar-refractivity contribution is 7.89. The maximum absolute atomic E-state index is 13.3. The number of hydroxylamine groups is 1. The summed E-state index contributed by atoms with van der Waals surface area (Å²) in [7, 11) is -4.18. The first kappa shape index (κ1) is 29.1. The number of nitrogens with one attached hydrogen (secondary N) is 3. The van der Waals surface area contributed by atoms with Crippen molar-refractivity contribution in [3.63, 3.8) is 0 Å². The molecule has 198 valence electrons. The number of amides is 2. The number of benzene rings is 2. The van der Waals surface area contributed by atoms with Gasteiger partial charge in [0.25, 0.3) is 5.91 Å². The van der Waals surface area contributed by atoms with Crippen molar-refractivity contribution in [3.8, 4) is 11.5 Å². The zero-order chi connectivity index (χ0) is 26.7. The summed E-state index contributed by atoms with van der Waals surface area (Å²) in [5, 5.41) is 11.7. The summed E-state index contributed by atoms with van der Waals surface area (Å²) in [6, 6.07) is 10.8. The molecule has 0 saturated heterocycles. The van der Waals surface area contributed by atoms with E-state index in [1.807, 2.05) is 13.0 Å².